The number of amides is 1. The van der Waals surface area contributed by atoms with Gasteiger partial charge in [0, 0.05) is 43.1 Å². The minimum Gasteiger partial charge on any atom is -0.385 e. The van der Waals surface area contributed by atoms with Crippen LogP contribution in [0.5, 0.6) is 0 Å². The van der Waals surface area contributed by atoms with Crippen molar-refractivity contribution in [2.24, 2.45) is 7.05 Å². The molecule has 0 spiro atoms. The zero-order chi connectivity index (χ0) is 14.8. The molecule has 0 saturated heterocycles. The lowest BCUT2D eigenvalue weighted by molar-refractivity contribution is 0.0950. The average molecular weight is 284 g/mol. The zero-order valence-corrected chi connectivity index (χ0v) is 12.4. The van der Waals surface area contributed by atoms with Gasteiger partial charge in [0.15, 0.2) is 0 Å². The first kappa shape index (κ1) is 13.7. The summed E-state index contributed by atoms with van der Waals surface area (Å²) >= 11 is 0. The number of benzene rings is 1. The van der Waals surface area contributed by atoms with Crippen molar-refractivity contribution in [3.05, 3.63) is 46.8 Å². The molecule has 5 heteroatoms. The molecule has 110 valence electrons. The van der Waals surface area contributed by atoms with Gasteiger partial charge in [-0.1, -0.05) is 6.07 Å². The van der Waals surface area contributed by atoms with E-state index in [0.717, 1.165) is 47.5 Å². The molecule has 1 amide bonds. The number of aromatic nitrogens is 2. The molecule has 0 radical (unpaired) electrons. The van der Waals surface area contributed by atoms with Crippen molar-refractivity contribution in [2.75, 3.05) is 11.9 Å². The molecule has 5 nitrogen and oxygen atoms in total. The van der Waals surface area contributed by atoms with Crippen LogP contribution in [0.2, 0.25) is 0 Å². The number of rotatable bonds is 3. The first-order valence-corrected chi connectivity index (χ1v) is 7.28. The maximum Gasteiger partial charge on any atom is 0.251 e. The monoisotopic (exact) mass is 284 g/mol. The van der Waals surface area contributed by atoms with E-state index in [1.165, 1.54) is 0 Å². The van der Waals surface area contributed by atoms with Gasteiger partial charge in [0.1, 0.15) is 0 Å². The Morgan fingerprint density at radius 2 is 2.33 bits per heavy atom. The van der Waals surface area contributed by atoms with Gasteiger partial charge in [-0.15, -0.1) is 0 Å². The van der Waals surface area contributed by atoms with E-state index in [9.17, 15) is 4.79 Å². The van der Waals surface area contributed by atoms with E-state index in [0.29, 0.717) is 6.54 Å². The number of hydrogen-bond acceptors (Lipinski definition) is 3. The van der Waals surface area contributed by atoms with Crippen molar-refractivity contribution < 1.29 is 4.79 Å². The Hall–Kier alpha value is -2.30. The molecule has 1 aliphatic heterocycles. The summed E-state index contributed by atoms with van der Waals surface area (Å²) in [6, 6.07) is 5.87. The molecule has 1 aromatic carbocycles. The molecule has 0 atom stereocenters. The maximum atomic E-state index is 12.4. The fraction of sp³-hybridized carbons (Fsp3) is 0.375. The zero-order valence-electron chi connectivity index (χ0n) is 12.4. The van der Waals surface area contributed by atoms with Crippen LogP contribution in [-0.4, -0.2) is 22.2 Å². The van der Waals surface area contributed by atoms with Crippen molar-refractivity contribution in [1.82, 2.24) is 15.1 Å². The van der Waals surface area contributed by atoms with E-state index in [4.69, 9.17) is 0 Å². The van der Waals surface area contributed by atoms with Crippen LogP contribution in [0.1, 0.15) is 33.6 Å². The number of nitrogens with zero attached hydrogens (tertiary/aromatic N) is 2. The third-order valence-corrected chi connectivity index (χ3v) is 3.89. The molecular formula is C16H20N4O. The Kier molecular flexibility index (Phi) is 3.64. The number of carbonyl (C=O) groups is 1. The standard InChI is InChI=1S/C16H20N4O/c1-11-12(10-20(2)19-11)9-18-16(21)14-5-3-7-15-13(14)6-4-8-17-15/h3,5,7,10,17H,4,6,8-9H2,1-2H3,(H,18,21). The second kappa shape index (κ2) is 5.60. The van der Waals surface area contributed by atoms with Crippen molar-refractivity contribution in [1.29, 1.82) is 0 Å². The summed E-state index contributed by atoms with van der Waals surface area (Å²) in [6.07, 6.45) is 3.97. The number of hydrogen-bond donors (Lipinski definition) is 2. The van der Waals surface area contributed by atoms with Gasteiger partial charge in [-0.05, 0) is 37.5 Å². The van der Waals surface area contributed by atoms with Gasteiger partial charge in [0.2, 0.25) is 0 Å². The van der Waals surface area contributed by atoms with Crippen molar-refractivity contribution in [2.45, 2.75) is 26.3 Å². The van der Waals surface area contributed by atoms with Gasteiger partial charge in [-0.2, -0.15) is 5.10 Å². The largest absolute Gasteiger partial charge is 0.385 e. The first-order chi connectivity index (χ1) is 10.1. The molecule has 0 bridgehead atoms. The van der Waals surface area contributed by atoms with Crippen molar-refractivity contribution in [3.63, 3.8) is 0 Å². The molecule has 0 fully saturated rings. The summed E-state index contributed by atoms with van der Waals surface area (Å²) in [5.41, 5.74) is 5.00. The predicted octanol–water partition coefficient (Wildman–Crippen LogP) is 2.02. The fourth-order valence-electron chi connectivity index (χ4n) is 2.82. The third kappa shape index (κ3) is 2.77. The van der Waals surface area contributed by atoms with Gasteiger partial charge in [-0.3, -0.25) is 9.48 Å². The van der Waals surface area contributed by atoms with Gasteiger partial charge >= 0.3 is 0 Å². The molecule has 0 saturated carbocycles. The molecule has 2 N–H and O–H groups in total. The smallest absolute Gasteiger partial charge is 0.251 e. The van der Waals surface area contributed by atoms with Crippen LogP contribution in [0.15, 0.2) is 24.4 Å². The normalized spacial score (nSPS) is 13.4. The Balaban J connectivity index is 1.75. The SMILES string of the molecule is Cc1nn(C)cc1CNC(=O)c1cccc2c1CCCN2. The van der Waals surface area contributed by atoms with Crippen LogP contribution in [0.4, 0.5) is 5.69 Å². The molecule has 0 aliphatic carbocycles. The Morgan fingerprint density at radius 3 is 3.10 bits per heavy atom. The second-order valence-electron chi connectivity index (χ2n) is 5.46. The van der Waals surface area contributed by atoms with Crippen LogP contribution in [-0.2, 0) is 20.0 Å². The van der Waals surface area contributed by atoms with Crippen molar-refractivity contribution in [3.8, 4) is 0 Å². The van der Waals surface area contributed by atoms with Gasteiger partial charge < -0.3 is 10.6 Å². The summed E-state index contributed by atoms with van der Waals surface area (Å²) < 4.78 is 1.77. The first-order valence-electron chi connectivity index (χ1n) is 7.28. The van der Waals surface area contributed by atoms with E-state index in [-0.39, 0.29) is 5.91 Å². The summed E-state index contributed by atoms with van der Waals surface area (Å²) in [6.45, 7) is 3.44. The van der Waals surface area contributed by atoms with E-state index >= 15 is 0 Å². The number of fused-ring (bicyclic) bond motifs is 1. The van der Waals surface area contributed by atoms with Crippen LogP contribution < -0.4 is 10.6 Å². The lowest BCUT2D eigenvalue weighted by Crippen LogP contribution is -2.25. The quantitative estimate of drug-likeness (QED) is 0.906. The number of aryl methyl sites for hydroxylation is 2. The highest BCUT2D eigenvalue weighted by atomic mass is 16.1. The second-order valence-corrected chi connectivity index (χ2v) is 5.46. The number of nitrogens with one attached hydrogen (secondary N) is 2. The summed E-state index contributed by atoms with van der Waals surface area (Å²) in [5, 5.41) is 10.6. The predicted molar refractivity (Wildman–Crippen MR) is 82.4 cm³/mol. The summed E-state index contributed by atoms with van der Waals surface area (Å²) in [4.78, 5) is 12.4. The van der Waals surface area contributed by atoms with Crippen LogP contribution >= 0.6 is 0 Å². The van der Waals surface area contributed by atoms with E-state index in [2.05, 4.69) is 15.7 Å². The lowest BCUT2D eigenvalue weighted by Gasteiger charge is -2.20. The highest BCUT2D eigenvalue weighted by Gasteiger charge is 2.17. The van der Waals surface area contributed by atoms with Gasteiger partial charge in [-0.25, -0.2) is 0 Å². The van der Waals surface area contributed by atoms with Gasteiger partial charge in [0.25, 0.3) is 5.91 Å². The van der Waals surface area contributed by atoms with E-state index in [1.54, 1.807) is 4.68 Å². The van der Waals surface area contributed by atoms with Crippen molar-refractivity contribution >= 4 is 11.6 Å². The molecule has 1 aliphatic rings. The Labute approximate surface area is 124 Å². The molecule has 0 unspecified atom stereocenters. The molecular weight excluding hydrogens is 264 g/mol. The molecule has 2 heterocycles. The van der Waals surface area contributed by atoms with Gasteiger partial charge in [0.05, 0.1) is 5.69 Å². The fourth-order valence-corrected chi connectivity index (χ4v) is 2.82. The number of carbonyl (C=O) groups excluding carboxylic acids is 1. The Bertz CT molecular complexity index is 675. The van der Waals surface area contributed by atoms with E-state index < -0.39 is 0 Å². The van der Waals surface area contributed by atoms with Crippen LogP contribution in [0.3, 0.4) is 0 Å². The molecule has 21 heavy (non-hydrogen) atoms. The average Bonchev–Trinajstić information content (AvgIpc) is 2.82. The highest BCUT2D eigenvalue weighted by Crippen LogP contribution is 2.25. The van der Waals surface area contributed by atoms with Crippen LogP contribution in [0.25, 0.3) is 0 Å². The minimum absolute atomic E-state index is 0.0150. The highest BCUT2D eigenvalue weighted by molar-refractivity contribution is 5.97. The summed E-state index contributed by atoms with van der Waals surface area (Å²) in [5.74, 6) is -0.0150. The molecule has 2 aromatic rings. The number of anilines is 1. The molecule has 3 rings (SSSR count). The topological polar surface area (TPSA) is 59.0 Å². The maximum absolute atomic E-state index is 12.4. The molecule has 1 aromatic heterocycles. The Morgan fingerprint density at radius 1 is 1.48 bits per heavy atom. The van der Waals surface area contributed by atoms with Crippen LogP contribution in [0, 0.1) is 6.92 Å². The van der Waals surface area contributed by atoms with E-state index in [1.807, 2.05) is 38.4 Å². The lowest BCUT2D eigenvalue weighted by atomic mass is 9.97. The third-order valence-electron chi connectivity index (χ3n) is 3.89. The summed E-state index contributed by atoms with van der Waals surface area (Å²) in [7, 11) is 1.89. The minimum atomic E-state index is -0.0150.